The van der Waals surface area contributed by atoms with E-state index in [-0.39, 0.29) is 0 Å². The highest BCUT2D eigenvalue weighted by atomic mass is 15.3. The number of nitrogens with zero attached hydrogens (tertiary/aromatic N) is 2. The molecule has 15 heavy (non-hydrogen) atoms. The molecule has 0 aliphatic heterocycles. The molecule has 0 radical (unpaired) electrons. The van der Waals surface area contributed by atoms with E-state index in [9.17, 15) is 0 Å². The average Bonchev–Trinajstić information content (AvgIpc) is 2.52. The van der Waals surface area contributed by atoms with E-state index < -0.39 is 0 Å². The van der Waals surface area contributed by atoms with Gasteiger partial charge in [0.25, 0.3) is 0 Å². The van der Waals surface area contributed by atoms with Crippen molar-refractivity contribution in [2.45, 2.75) is 39.2 Å². The van der Waals surface area contributed by atoms with Crippen molar-refractivity contribution in [3.05, 3.63) is 24.4 Å². The van der Waals surface area contributed by atoms with E-state index in [1.165, 1.54) is 0 Å². The first-order chi connectivity index (χ1) is 7.17. The van der Waals surface area contributed by atoms with Crippen LogP contribution < -0.4 is 5.32 Å². The van der Waals surface area contributed by atoms with Gasteiger partial charge < -0.3 is 5.32 Å². The molecule has 3 nitrogen and oxygen atoms in total. The molecular weight excluding hydrogens is 186 g/mol. The Balaban J connectivity index is 2.57. The van der Waals surface area contributed by atoms with Crippen molar-refractivity contribution in [3.8, 4) is 0 Å². The summed E-state index contributed by atoms with van der Waals surface area (Å²) in [6.45, 7) is 7.96. The molecule has 0 saturated heterocycles. The van der Waals surface area contributed by atoms with Crippen LogP contribution in [0.2, 0.25) is 0 Å². The maximum atomic E-state index is 4.31. The Morgan fingerprint density at radius 2 is 2.40 bits per heavy atom. The van der Waals surface area contributed by atoms with Gasteiger partial charge in [-0.25, -0.2) is 0 Å². The predicted molar refractivity (Wildman–Crippen MR) is 65.1 cm³/mol. The molecule has 1 heterocycles. The monoisotopic (exact) mass is 207 g/mol. The van der Waals surface area contributed by atoms with Crippen LogP contribution in [0.1, 0.15) is 31.9 Å². The van der Waals surface area contributed by atoms with Crippen LogP contribution in [0.25, 0.3) is 0 Å². The smallest absolute Gasteiger partial charge is 0.124 e. The van der Waals surface area contributed by atoms with E-state index in [0.717, 1.165) is 30.8 Å². The fourth-order valence-corrected chi connectivity index (χ4v) is 1.65. The fourth-order valence-electron chi connectivity index (χ4n) is 1.65. The van der Waals surface area contributed by atoms with E-state index >= 15 is 0 Å². The van der Waals surface area contributed by atoms with Gasteiger partial charge in [0.2, 0.25) is 0 Å². The van der Waals surface area contributed by atoms with Crippen molar-refractivity contribution < 1.29 is 0 Å². The lowest BCUT2D eigenvalue weighted by atomic mass is 10.1. The lowest BCUT2D eigenvalue weighted by Gasteiger charge is -2.17. The number of aromatic nitrogens is 2. The summed E-state index contributed by atoms with van der Waals surface area (Å²) >= 11 is 0. The van der Waals surface area contributed by atoms with Gasteiger partial charge in [-0.05, 0) is 26.2 Å². The topological polar surface area (TPSA) is 29.9 Å². The highest BCUT2D eigenvalue weighted by molar-refractivity contribution is 5.37. The molecule has 3 heteroatoms. The first kappa shape index (κ1) is 11.8. The first-order valence-corrected chi connectivity index (χ1v) is 5.55. The van der Waals surface area contributed by atoms with Gasteiger partial charge >= 0.3 is 0 Å². The Bertz CT molecular complexity index is 315. The maximum absolute atomic E-state index is 4.31. The zero-order chi connectivity index (χ0) is 11.3. The Morgan fingerprint density at radius 1 is 1.67 bits per heavy atom. The molecule has 0 saturated carbocycles. The quantitative estimate of drug-likeness (QED) is 0.727. The fraction of sp³-hybridized carbons (Fsp3) is 0.583. The standard InChI is InChI=1S/C12H21N3/c1-5-7-8-11(6-2)13-12-9-10(3)14-15(12)4/h5,9,11,13H,1,6-8H2,2-4H3. The second-order valence-electron chi connectivity index (χ2n) is 3.91. The number of anilines is 1. The third-order valence-electron chi connectivity index (χ3n) is 2.57. The van der Waals surface area contributed by atoms with E-state index in [0.29, 0.717) is 6.04 Å². The van der Waals surface area contributed by atoms with Crippen molar-refractivity contribution in [3.63, 3.8) is 0 Å². The molecular formula is C12H21N3. The third kappa shape index (κ3) is 3.42. The van der Waals surface area contributed by atoms with Crippen LogP contribution in [0.15, 0.2) is 18.7 Å². The third-order valence-corrected chi connectivity index (χ3v) is 2.57. The van der Waals surface area contributed by atoms with Gasteiger partial charge in [-0.1, -0.05) is 13.0 Å². The van der Waals surface area contributed by atoms with E-state index in [1.807, 2.05) is 24.7 Å². The summed E-state index contributed by atoms with van der Waals surface area (Å²) < 4.78 is 1.89. The zero-order valence-corrected chi connectivity index (χ0v) is 9.95. The van der Waals surface area contributed by atoms with Gasteiger partial charge in [0, 0.05) is 19.2 Å². The van der Waals surface area contributed by atoms with E-state index in [4.69, 9.17) is 0 Å². The van der Waals surface area contributed by atoms with E-state index in [1.54, 1.807) is 0 Å². The zero-order valence-electron chi connectivity index (χ0n) is 9.95. The molecule has 0 aliphatic rings. The molecule has 84 valence electrons. The normalized spacial score (nSPS) is 12.5. The minimum Gasteiger partial charge on any atom is -0.368 e. The van der Waals surface area contributed by atoms with Crippen LogP contribution >= 0.6 is 0 Å². The van der Waals surface area contributed by atoms with Crippen LogP contribution in [-0.2, 0) is 7.05 Å². The summed E-state index contributed by atoms with van der Waals surface area (Å²) in [5, 5.41) is 7.82. The van der Waals surface area contributed by atoms with Gasteiger partial charge in [0.1, 0.15) is 5.82 Å². The highest BCUT2D eigenvalue weighted by Gasteiger charge is 2.08. The molecule has 1 aromatic heterocycles. The molecule has 0 aromatic carbocycles. The van der Waals surface area contributed by atoms with Crippen molar-refractivity contribution in [1.82, 2.24) is 9.78 Å². The molecule has 0 aliphatic carbocycles. The first-order valence-electron chi connectivity index (χ1n) is 5.55. The maximum Gasteiger partial charge on any atom is 0.124 e. The molecule has 1 N–H and O–H groups in total. The second-order valence-corrected chi connectivity index (χ2v) is 3.91. The molecule has 1 aromatic rings. The Labute approximate surface area is 92.2 Å². The number of hydrogen-bond donors (Lipinski definition) is 1. The number of allylic oxidation sites excluding steroid dienone is 1. The Morgan fingerprint density at radius 3 is 2.87 bits per heavy atom. The van der Waals surface area contributed by atoms with E-state index in [2.05, 4.69) is 30.0 Å². The van der Waals surface area contributed by atoms with Crippen LogP contribution in [0.4, 0.5) is 5.82 Å². The van der Waals surface area contributed by atoms with Gasteiger partial charge in [-0.15, -0.1) is 6.58 Å². The summed E-state index contributed by atoms with van der Waals surface area (Å²) in [6, 6.07) is 2.59. The van der Waals surface area contributed by atoms with Crippen molar-refractivity contribution >= 4 is 5.82 Å². The number of rotatable bonds is 6. The lowest BCUT2D eigenvalue weighted by molar-refractivity contribution is 0.628. The molecule has 0 spiro atoms. The van der Waals surface area contributed by atoms with Crippen LogP contribution in [0, 0.1) is 6.92 Å². The second kappa shape index (κ2) is 5.59. The summed E-state index contributed by atoms with van der Waals surface area (Å²) in [7, 11) is 1.97. The molecule has 0 fully saturated rings. The van der Waals surface area contributed by atoms with Gasteiger partial charge in [-0.2, -0.15) is 5.10 Å². The minimum atomic E-state index is 0.512. The summed E-state index contributed by atoms with van der Waals surface area (Å²) in [5.41, 5.74) is 1.05. The highest BCUT2D eigenvalue weighted by Crippen LogP contribution is 2.13. The SMILES string of the molecule is C=CCCC(CC)Nc1cc(C)nn1C. The molecule has 1 unspecified atom stereocenters. The largest absolute Gasteiger partial charge is 0.368 e. The molecule has 0 amide bonds. The summed E-state index contributed by atoms with van der Waals surface area (Å²) in [5.74, 6) is 1.10. The summed E-state index contributed by atoms with van der Waals surface area (Å²) in [4.78, 5) is 0. The number of aryl methyl sites for hydroxylation is 2. The Hall–Kier alpha value is -1.25. The van der Waals surface area contributed by atoms with Gasteiger partial charge in [0.05, 0.1) is 5.69 Å². The van der Waals surface area contributed by atoms with Gasteiger partial charge in [-0.3, -0.25) is 4.68 Å². The van der Waals surface area contributed by atoms with Gasteiger partial charge in [0.15, 0.2) is 0 Å². The average molecular weight is 207 g/mol. The molecule has 1 rings (SSSR count). The Kier molecular flexibility index (Phi) is 4.40. The molecule has 0 bridgehead atoms. The lowest BCUT2D eigenvalue weighted by Crippen LogP contribution is -2.19. The van der Waals surface area contributed by atoms with Crippen molar-refractivity contribution in [1.29, 1.82) is 0 Å². The van der Waals surface area contributed by atoms with Crippen molar-refractivity contribution in [2.75, 3.05) is 5.32 Å². The number of nitrogens with one attached hydrogen (secondary N) is 1. The molecule has 1 atom stereocenters. The number of hydrogen-bond acceptors (Lipinski definition) is 2. The van der Waals surface area contributed by atoms with Crippen LogP contribution in [0.3, 0.4) is 0 Å². The minimum absolute atomic E-state index is 0.512. The van der Waals surface area contributed by atoms with Crippen LogP contribution in [-0.4, -0.2) is 15.8 Å². The van der Waals surface area contributed by atoms with Crippen LogP contribution in [0.5, 0.6) is 0 Å². The van der Waals surface area contributed by atoms with Crippen molar-refractivity contribution in [2.24, 2.45) is 7.05 Å². The summed E-state index contributed by atoms with van der Waals surface area (Å²) in [6.07, 6.45) is 5.28. The predicted octanol–water partition coefficient (Wildman–Crippen LogP) is 2.89.